The minimum absolute atomic E-state index is 0.155. The number of rotatable bonds is 1. The first-order valence-electron chi connectivity index (χ1n) is 5.67. The summed E-state index contributed by atoms with van der Waals surface area (Å²) in [5, 5.41) is 0. The van der Waals surface area contributed by atoms with E-state index in [9.17, 15) is 9.59 Å². The number of fused-ring (bicyclic) bond motifs is 1. The Morgan fingerprint density at radius 3 is 2.44 bits per heavy atom. The molecule has 0 aromatic heterocycles. The van der Waals surface area contributed by atoms with Gasteiger partial charge in [-0.15, -0.1) is 0 Å². The van der Waals surface area contributed by atoms with Crippen molar-refractivity contribution in [1.82, 2.24) is 0 Å². The lowest BCUT2D eigenvalue weighted by Gasteiger charge is -2.14. The zero-order valence-electron chi connectivity index (χ0n) is 9.42. The summed E-state index contributed by atoms with van der Waals surface area (Å²) in [4.78, 5) is 25.9. The number of halogens is 1. The van der Waals surface area contributed by atoms with Gasteiger partial charge in [-0.25, -0.2) is 4.90 Å². The minimum atomic E-state index is -0.400. The average molecular weight is 304 g/mol. The first-order valence-corrected chi connectivity index (χ1v) is 6.46. The number of carbonyl (C=O) groups excluding carboxylic acids is 2. The van der Waals surface area contributed by atoms with Crippen molar-refractivity contribution in [3.63, 3.8) is 0 Å². The minimum Gasteiger partial charge on any atom is -0.273 e. The maximum absolute atomic E-state index is 12.4. The second-order valence-electron chi connectivity index (χ2n) is 4.29. The second-order valence-corrected chi connectivity index (χ2v) is 5.20. The van der Waals surface area contributed by atoms with E-state index in [4.69, 9.17) is 0 Å². The van der Waals surface area contributed by atoms with Crippen molar-refractivity contribution in [3.8, 4) is 0 Å². The van der Waals surface area contributed by atoms with E-state index in [2.05, 4.69) is 15.9 Å². The van der Waals surface area contributed by atoms with Gasteiger partial charge in [0.05, 0.1) is 17.5 Å². The Labute approximate surface area is 113 Å². The van der Waals surface area contributed by atoms with Crippen LogP contribution in [0, 0.1) is 11.8 Å². The number of amides is 2. The Morgan fingerprint density at radius 1 is 1.06 bits per heavy atom. The summed E-state index contributed by atoms with van der Waals surface area (Å²) in [6.07, 6.45) is 5.42. The van der Waals surface area contributed by atoms with E-state index in [1.54, 1.807) is 18.2 Å². The molecule has 2 atom stereocenters. The molecule has 2 aliphatic rings. The van der Waals surface area contributed by atoms with Crippen LogP contribution in [0.3, 0.4) is 0 Å². The molecule has 90 valence electrons. The molecule has 18 heavy (non-hydrogen) atoms. The standard InChI is InChI=1S/C14H10BrNO2/c15-11-8-4-7-10-12(11)14(18)16(13(10)17)9-5-2-1-3-6-9/h1-8,10,12H. The Hall–Kier alpha value is -1.68. The first-order chi connectivity index (χ1) is 8.70. The maximum atomic E-state index is 12.4. The van der Waals surface area contributed by atoms with Crippen LogP contribution < -0.4 is 4.90 Å². The fourth-order valence-corrected chi connectivity index (χ4v) is 3.01. The topological polar surface area (TPSA) is 37.4 Å². The van der Waals surface area contributed by atoms with Gasteiger partial charge < -0.3 is 0 Å². The summed E-state index contributed by atoms with van der Waals surface area (Å²) in [6, 6.07) is 9.04. The highest BCUT2D eigenvalue weighted by Crippen LogP contribution is 2.40. The molecule has 0 N–H and O–H groups in total. The summed E-state index contributed by atoms with van der Waals surface area (Å²) in [5.74, 6) is -1.10. The third kappa shape index (κ3) is 1.56. The van der Waals surface area contributed by atoms with Gasteiger partial charge in [0.15, 0.2) is 0 Å². The van der Waals surface area contributed by atoms with Crippen molar-refractivity contribution < 1.29 is 9.59 Å². The van der Waals surface area contributed by atoms with Gasteiger partial charge in [0.1, 0.15) is 0 Å². The van der Waals surface area contributed by atoms with Crippen molar-refractivity contribution >= 4 is 33.4 Å². The molecule has 0 bridgehead atoms. The second kappa shape index (κ2) is 4.21. The highest BCUT2D eigenvalue weighted by molar-refractivity contribution is 9.11. The molecule has 0 radical (unpaired) electrons. The van der Waals surface area contributed by atoms with E-state index in [-0.39, 0.29) is 17.7 Å². The van der Waals surface area contributed by atoms with Crippen LogP contribution in [-0.4, -0.2) is 11.8 Å². The van der Waals surface area contributed by atoms with Crippen molar-refractivity contribution in [1.29, 1.82) is 0 Å². The Bertz CT molecular complexity index is 577. The third-order valence-corrected chi connectivity index (χ3v) is 3.99. The highest BCUT2D eigenvalue weighted by Gasteiger charge is 2.48. The molecule has 0 spiro atoms. The molecule has 1 aromatic rings. The SMILES string of the molecule is O=C1C2C=CC=C(Br)C2C(=O)N1c1ccccc1. The molecule has 1 aliphatic heterocycles. The smallest absolute Gasteiger partial charge is 0.242 e. The van der Waals surface area contributed by atoms with Crippen LogP contribution in [-0.2, 0) is 9.59 Å². The molecule has 3 nitrogen and oxygen atoms in total. The number of para-hydroxylation sites is 1. The molecule has 4 heteroatoms. The van der Waals surface area contributed by atoms with Crippen LogP contribution in [0.5, 0.6) is 0 Å². The average Bonchev–Trinajstić information content (AvgIpc) is 2.64. The van der Waals surface area contributed by atoms with E-state index in [1.165, 1.54) is 4.90 Å². The molecule has 0 saturated carbocycles. The lowest BCUT2D eigenvalue weighted by molar-refractivity contribution is -0.122. The van der Waals surface area contributed by atoms with Crippen LogP contribution in [0.4, 0.5) is 5.69 Å². The Morgan fingerprint density at radius 2 is 1.78 bits per heavy atom. The number of hydrogen-bond acceptors (Lipinski definition) is 2. The molecule has 1 aromatic carbocycles. The summed E-state index contributed by atoms with van der Waals surface area (Å²) >= 11 is 3.37. The molecule has 3 rings (SSSR count). The van der Waals surface area contributed by atoms with Crippen molar-refractivity contribution in [2.75, 3.05) is 4.90 Å². The Balaban J connectivity index is 2.05. The summed E-state index contributed by atoms with van der Waals surface area (Å²) in [6.45, 7) is 0. The molecular weight excluding hydrogens is 294 g/mol. The van der Waals surface area contributed by atoms with Gasteiger partial charge in [-0.1, -0.05) is 52.4 Å². The highest BCUT2D eigenvalue weighted by atomic mass is 79.9. The molecule has 2 unspecified atom stereocenters. The fourth-order valence-electron chi connectivity index (χ4n) is 2.38. The zero-order chi connectivity index (χ0) is 12.7. The molecule has 2 amide bonds. The van der Waals surface area contributed by atoms with Crippen molar-refractivity contribution in [2.24, 2.45) is 11.8 Å². The zero-order valence-corrected chi connectivity index (χ0v) is 11.0. The van der Waals surface area contributed by atoms with Gasteiger partial charge in [0.25, 0.3) is 0 Å². The Kier molecular flexibility index (Phi) is 2.67. The van der Waals surface area contributed by atoms with E-state index >= 15 is 0 Å². The van der Waals surface area contributed by atoms with Crippen LogP contribution in [0.2, 0.25) is 0 Å². The summed E-state index contributed by atoms with van der Waals surface area (Å²) in [5.41, 5.74) is 0.635. The molecular formula is C14H10BrNO2. The van der Waals surface area contributed by atoms with Gasteiger partial charge >= 0.3 is 0 Å². The van der Waals surface area contributed by atoms with E-state index in [0.717, 1.165) is 4.48 Å². The summed E-state index contributed by atoms with van der Waals surface area (Å²) < 4.78 is 0.770. The van der Waals surface area contributed by atoms with E-state index in [1.807, 2.05) is 30.4 Å². The normalized spacial score (nSPS) is 26.3. The first kappa shape index (κ1) is 11.4. The summed E-state index contributed by atoms with van der Waals surface area (Å²) in [7, 11) is 0. The molecule has 1 fully saturated rings. The number of hydrogen-bond donors (Lipinski definition) is 0. The van der Waals surface area contributed by atoms with Crippen LogP contribution in [0.1, 0.15) is 0 Å². The van der Waals surface area contributed by atoms with Gasteiger partial charge in [0, 0.05) is 4.48 Å². The van der Waals surface area contributed by atoms with Crippen molar-refractivity contribution in [2.45, 2.75) is 0 Å². The monoisotopic (exact) mass is 303 g/mol. The van der Waals surface area contributed by atoms with E-state index in [0.29, 0.717) is 5.69 Å². The van der Waals surface area contributed by atoms with Crippen molar-refractivity contribution in [3.05, 3.63) is 53.0 Å². The quantitative estimate of drug-likeness (QED) is 0.748. The van der Waals surface area contributed by atoms with Gasteiger partial charge in [-0.3, -0.25) is 9.59 Å². The number of anilines is 1. The van der Waals surface area contributed by atoms with E-state index < -0.39 is 5.92 Å². The number of allylic oxidation sites excluding steroid dienone is 2. The van der Waals surface area contributed by atoms with Crippen LogP contribution in [0.15, 0.2) is 53.0 Å². The van der Waals surface area contributed by atoms with Gasteiger partial charge in [-0.2, -0.15) is 0 Å². The number of carbonyl (C=O) groups is 2. The molecule has 1 aliphatic carbocycles. The van der Waals surface area contributed by atoms with Gasteiger partial charge in [0.2, 0.25) is 11.8 Å². The number of imide groups is 1. The maximum Gasteiger partial charge on any atom is 0.242 e. The predicted molar refractivity (Wildman–Crippen MR) is 72.1 cm³/mol. The molecule has 1 heterocycles. The largest absolute Gasteiger partial charge is 0.273 e. The van der Waals surface area contributed by atoms with Crippen LogP contribution >= 0.6 is 15.9 Å². The van der Waals surface area contributed by atoms with Gasteiger partial charge in [-0.05, 0) is 12.1 Å². The number of nitrogens with zero attached hydrogens (tertiary/aromatic N) is 1. The number of benzene rings is 1. The van der Waals surface area contributed by atoms with Crippen LogP contribution in [0.25, 0.3) is 0 Å². The third-order valence-electron chi connectivity index (χ3n) is 3.24. The fraction of sp³-hybridized carbons (Fsp3) is 0.143. The predicted octanol–water partition coefficient (Wildman–Crippen LogP) is 2.64. The lowest BCUT2D eigenvalue weighted by atomic mass is 9.91. The lowest BCUT2D eigenvalue weighted by Crippen LogP contribution is -2.30. The molecule has 1 saturated heterocycles.